The Morgan fingerprint density at radius 1 is 0.938 bits per heavy atom. The largest absolute Gasteiger partial charge is 0.269 e. The van der Waals surface area contributed by atoms with Gasteiger partial charge >= 0.3 is 0 Å². The number of nitro benzene ring substituents is 1. The third kappa shape index (κ3) is 2.60. The molecule has 0 N–H and O–H groups in total. The Balaban J connectivity index is 2.27. The highest BCUT2D eigenvalue weighted by molar-refractivity contribution is 5.40. The topological polar surface area (TPSA) is 43.1 Å². The molecule has 0 spiro atoms. The zero-order valence-corrected chi connectivity index (χ0v) is 9.45. The lowest BCUT2D eigenvalue weighted by Gasteiger charge is -2.07. The number of benzene rings is 1. The van der Waals surface area contributed by atoms with Crippen LogP contribution in [0.5, 0.6) is 0 Å². The Bertz CT molecular complexity index is 388. The summed E-state index contributed by atoms with van der Waals surface area (Å²) in [4.78, 5) is 10.4. The molecule has 16 heavy (non-hydrogen) atoms. The normalized spacial score (nSPS) is 16.8. The number of nitrogens with zero attached hydrogens (tertiary/aromatic N) is 1. The summed E-state index contributed by atoms with van der Waals surface area (Å²) >= 11 is 0. The van der Waals surface area contributed by atoms with E-state index in [0.29, 0.717) is 0 Å². The average molecular weight is 219 g/mol. The molecular formula is C13H17NO2. The van der Waals surface area contributed by atoms with Crippen molar-refractivity contribution in [2.24, 2.45) is 0 Å². The number of nitro groups is 1. The van der Waals surface area contributed by atoms with Crippen molar-refractivity contribution in [3.8, 4) is 0 Å². The highest BCUT2D eigenvalue weighted by Gasteiger charge is 2.11. The number of rotatable bonds is 1. The maximum absolute atomic E-state index is 10.7. The number of hydrogen-bond acceptors (Lipinski definition) is 2. The predicted molar refractivity (Wildman–Crippen MR) is 63.6 cm³/mol. The molecule has 1 aliphatic carbocycles. The van der Waals surface area contributed by atoms with Crippen LogP contribution in [0, 0.1) is 10.1 Å². The van der Waals surface area contributed by atoms with Crippen LogP contribution in [0.3, 0.4) is 0 Å². The highest BCUT2D eigenvalue weighted by atomic mass is 16.6. The summed E-state index contributed by atoms with van der Waals surface area (Å²) in [5, 5.41) is 10.7. The van der Waals surface area contributed by atoms with E-state index in [1.54, 1.807) is 12.1 Å². The maximum atomic E-state index is 10.7. The minimum Gasteiger partial charge on any atom is -0.258 e. The summed E-state index contributed by atoms with van der Waals surface area (Å²) in [6.45, 7) is 0. The second-order valence-corrected chi connectivity index (χ2v) is 4.48. The van der Waals surface area contributed by atoms with Gasteiger partial charge in [-0.1, -0.05) is 25.3 Å². The van der Waals surface area contributed by atoms with Gasteiger partial charge in [-0.3, -0.25) is 10.1 Å². The molecular weight excluding hydrogens is 202 g/mol. The number of aryl methyl sites for hydroxylation is 2. The van der Waals surface area contributed by atoms with E-state index in [0.717, 1.165) is 19.3 Å². The van der Waals surface area contributed by atoms with E-state index < -0.39 is 0 Å². The van der Waals surface area contributed by atoms with Crippen LogP contribution in [0.25, 0.3) is 0 Å². The molecule has 0 saturated heterocycles. The minimum absolute atomic E-state index is 0.234. The lowest BCUT2D eigenvalue weighted by atomic mass is 9.99. The van der Waals surface area contributed by atoms with Gasteiger partial charge in [-0.2, -0.15) is 0 Å². The summed E-state index contributed by atoms with van der Waals surface area (Å²) in [6.07, 6.45) is 8.29. The van der Waals surface area contributed by atoms with Crippen LogP contribution in [0.2, 0.25) is 0 Å². The first-order chi connectivity index (χ1) is 7.77. The van der Waals surface area contributed by atoms with Gasteiger partial charge in [-0.25, -0.2) is 0 Å². The molecule has 0 amide bonds. The Hall–Kier alpha value is -1.38. The maximum Gasteiger partial charge on any atom is 0.269 e. The molecule has 2 rings (SSSR count). The molecule has 3 nitrogen and oxygen atoms in total. The van der Waals surface area contributed by atoms with Crippen LogP contribution < -0.4 is 0 Å². The van der Waals surface area contributed by atoms with Crippen LogP contribution in [-0.4, -0.2) is 4.92 Å². The van der Waals surface area contributed by atoms with Gasteiger partial charge in [-0.05, 0) is 36.8 Å². The Kier molecular flexibility index (Phi) is 3.54. The summed E-state index contributed by atoms with van der Waals surface area (Å²) in [6, 6.07) is 5.34. The molecule has 0 aliphatic heterocycles. The van der Waals surface area contributed by atoms with Gasteiger partial charge in [0.15, 0.2) is 0 Å². The fourth-order valence-electron chi connectivity index (χ4n) is 2.36. The van der Waals surface area contributed by atoms with Crippen molar-refractivity contribution in [1.82, 2.24) is 0 Å². The Morgan fingerprint density at radius 3 is 2.25 bits per heavy atom. The summed E-state index contributed by atoms with van der Waals surface area (Å²) in [5.41, 5.74) is 2.74. The first-order valence-electron chi connectivity index (χ1n) is 6.03. The molecule has 1 aliphatic rings. The molecule has 0 radical (unpaired) electrons. The number of non-ortho nitro benzene ring substituents is 1. The number of hydrogen-bond donors (Lipinski definition) is 0. The second-order valence-electron chi connectivity index (χ2n) is 4.48. The molecule has 0 atom stereocenters. The highest BCUT2D eigenvalue weighted by Crippen LogP contribution is 2.23. The predicted octanol–water partition coefficient (Wildman–Crippen LogP) is 3.64. The molecule has 0 bridgehead atoms. The van der Waals surface area contributed by atoms with Crippen LogP contribution in [0.1, 0.15) is 43.2 Å². The van der Waals surface area contributed by atoms with Gasteiger partial charge in [0.25, 0.3) is 5.69 Å². The van der Waals surface area contributed by atoms with Crippen LogP contribution in [0.15, 0.2) is 18.2 Å². The minimum atomic E-state index is -0.299. The van der Waals surface area contributed by atoms with Crippen molar-refractivity contribution in [2.45, 2.75) is 44.9 Å². The third-order valence-corrected chi connectivity index (χ3v) is 3.29. The zero-order valence-electron chi connectivity index (χ0n) is 9.45. The molecule has 0 fully saturated rings. The van der Waals surface area contributed by atoms with Crippen molar-refractivity contribution in [3.63, 3.8) is 0 Å². The molecule has 0 unspecified atom stereocenters. The van der Waals surface area contributed by atoms with Gasteiger partial charge in [0.1, 0.15) is 0 Å². The monoisotopic (exact) mass is 219 g/mol. The smallest absolute Gasteiger partial charge is 0.258 e. The first-order valence-corrected chi connectivity index (χ1v) is 6.03. The van der Waals surface area contributed by atoms with Crippen molar-refractivity contribution >= 4 is 5.69 Å². The molecule has 1 aromatic rings. The van der Waals surface area contributed by atoms with Gasteiger partial charge in [0.05, 0.1) is 4.92 Å². The van der Waals surface area contributed by atoms with Crippen LogP contribution in [-0.2, 0) is 12.8 Å². The molecule has 0 aromatic heterocycles. The molecule has 86 valence electrons. The van der Waals surface area contributed by atoms with Crippen molar-refractivity contribution in [2.75, 3.05) is 0 Å². The number of fused-ring (bicyclic) bond motifs is 1. The van der Waals surface area contributed by atoms with Gasteiger partial charge in [0.2, 0.25) is 0 Å². The van der Waals surface area contributed by atoms with Crippen molar-refractivity contribution in [3.05, 3.63) is 39.4 Å². The summed E-state index contributed by atoms with van der Waals surface area (Å²) in [5.74, 6) is 0. The fraction of sp³-hybridized carbons (Fsp3) is 0.538. The third-order valence-electron chi connectivity index (χ3n) is 3.29. The fourth-order valence-corrected chi connectivity index (χ4v) is 2.36. The van der Waals surface area contributed by atoms with E-state index in [1.807, 2.05) is 6.07 Å². The molecule has 3 heteroatoms. The van der Waals surface area contributed by atoms with Gasteiger partial charge < -0.3 is 0 Å². The molecule has 1 aromatic carbocycles. The Labute approximate surface area is 95.6 Å². The lowest BCUT2D eigenvalue weighted by molar-refractivity contribution is -0.384. The van der Waals surface area contributed by atoms with Crippen molar-refractivity contribution < 1.29 is 4.92 Å². The van der Waals surface area contributed by atoms with Gasteiger partial charge in [-0.15, -0.1) is 0 Å². The van der Waals surface area contributed by atoms with Gasteiger partial charge in [0, 0.05) is 12.1 Å². The van der Waals surface area contributed by atoms with E-state index in [1.165, 1.54) is 36.8 Å². The first kappa shape index (κ1) is 11.1. The quantitative estimate of drug-likeness (QED) is 0.534. The zero-order chi connectivity index (χ0) is 11.4. The average Bonchev–Trinajstić information content (AvgIpc) is 2.39. The summed E-state index contributed by atoms with van der Waals surface area (Å²) < 4.78 is 0. The molecule has 0 saturated carbocycles. The summed E-state index contributed by atoms with van der Waals surface area (Å²) in [7, 11) is 0. The van der Waals surface area contributed by atoms with Crippen LogP contribution in [0.4, 0.5) is 5.69 Å². The van der Waals surface area contributed by atoms with E-state index in [-0.39, 0.29) is 10.6 Å². The molecule has 0 heterocycles. The van der Waals surface area contributed by atoms with E-state index in [2.05, 4.69) is 0 Å². The SMILES string of the molecule is O=[N+]([O-])c1ccc2c(c1)CCCCCCC2. The second kappa shape index (κ2) is 5.10. The van der Waals surface area contributed by atoms with E-state index >= 15 is 0 Å². The van der Waals surface area contributed by atoms with Crippen LogP contribution >= 0.6 is 0 Å². The standard InChI is InChI=1S/C13H17NO2/c15-14(16)13-9-8-11-6-4-2-1-3-5-7-12(11)10-13/h8-10H,1-7H2. The van der Waals surface area contributed by atoms with Crippen molar-refractivity contribution in [1.29, 1.82) is 0 Å². The Morgan fingerprint density at radius 2 is 1.56 bits per heavy atom. The van der Waals surface area contributed by atoms with E-state index in [9.17, 15) is 10.1 Å². The lowest BCUT2D eigenvalue weighted by Crippen LogP contribution is -1.96. The van der Waals surface area contributed by atoms with E-state index in [4.69, 9.17) is 0 Å².